The Balaban J connectivity index is 2.89. The lowest BCUT2D eigenvalue weighted by Crippen LogP contribution is -2.52. The summed E-state index contributed by atoms with van der Waals surface area (Å²) in [6.07, 6.45) is 0.424. The van der Waals surface area contributed by atoms with Crippen molar-refractivity contribution in [3.8, 4) is 0 Å². The topological polar surface area (TPSA) is 47.3 Å². The predicted molar refractivity (Wildman–Crippen MR) is 76.1 cm³/mol. The molecule has 0 spiro atoms. The second kappa shape index (κ2) is 6.98. The van der Waals surface area contributed by atoms with E-state index >= 15 is 0 Å². The Hall–Kier alpha value is -0.970. The Labute approximate surface area is 115 Å². The van der Waals surface area contributed by atoms with Crippen LogP contribution in [0.2, 0.25) is 0 Å². The second-order valence-corrected chi connectivity index (χ2v) is 5.81. The van der Waals surface area contributed by atoms with Gasteiger partial charge in [-0.2, -0.15) is 0 Å². The molecule has 0 heterocycles. The van der Waals surface area contributed by atoms with Gasteiger partial charge >= 0.3 is 0 Å². The van der Waals surface area contributed by atoms with Crippen LogP contribution in [0.15, 0.2) is 24.3 Å². The van der Waals surface area contributed by atoms with Gasteiger partial charge in [-0.05, 0) is 30.4 Å². The van der Waals surface area contributed by atoms with E-state index in [2.05, 4.69) is 26.2 Å². The summed E-state index contributed by atoms with van der Waals surface area (Å²) in [6, 6.07) is 6.64. The molecular formula is C15H25FN2O. The molecule has 0 aliphatic rings. The Morgan fingerprint density at radius 1 is 1.32 bits per heavy atom. The highest BCUT2D eigenvalue weighted by molar-refractivity contribution is 5.19. The minimum Gasteiger partial charge on any atom is -0.376 e. The summed E-state index contributed by atoms with van der Waals surface area (Å²) in [5.74, 6) is 5.44. The highest BCUT2D eigenvalue weighted by Gasteiger charge is 2.32. The van der Waals surface area contributed by atoms with E-state index in [1.807, 2.05) is 13.0 Å². The van der Waals surface area contributed by atoms with Crippen LogP contribution in [0.5, 0.6) is 0 Å². The molecule has 0 aromatic heterocycles. The number of hydrazine groups is 1. The molecule has 0 aliphatic carbocycles. The molecule has 1 aromatic rings. The molecule has 108 valence electrons. The van der Waals surface area contributed by atoms with Gasteiger partial charge in [-0.15, -0.1) is 0 Å². The minimum atomic E-state index is -0.202. The van der Waals surface area contributed by atoms with Gasteiger partial charge in [0.1, 0.15) is 5.82 Å². The van der Waals surface area contributed by atoms with Crippen LogP contribution in [0.4, 0.5) is 4.39 Å². The van der Waals surface area contributed by atoms with Crippen LogP contribution in [0.25, 0.3) is 0 Å². The average Bonchev–Trinajstić information content (AvgIpc) is 2.34. The molecule has 3 nitrogen and oxygen atoms in total. The summed E-state index contributed by atoms with van der Waals surface area (Å²) in [5.41, 5.74) is 3.36. The zero-order valence-corrected chi connectivity index (χ0v) is 12.2. The molecule has 0 fully saturated rings. The molecule has 19 heavy (non-hydrogen) atoms. The molecular weight excluding hydrogens is 243 g/mol. The van der Waals surface area contributed by atoms with Crippen molar-refractivity contribution in [3.05, 3.63) is 35.6 Å². The van der Waals surface area contributed by atoms with Crippen LogP contribution in [-0.2, 0) is 11.2 Å². The molecule has 2 atom stereocenters. The monoisotopic (exact) mass is 268 g/mol. The third-order valence-corrected chi connectivity index (χ3v) is 3.18. The smallest absolute Gasteiger partial charge is 0.126 e. The fraction of sp³-hybridized carbons (Fsp3) is 0.600. The van der Waals surface area contributed by atoms with Gasteiger partial charge in [0.25, 0.3) is 0 Å². The Morgan fingerprint density at radius 3 is 2.42 bits per heavy atom. The fourth-order valence-corrected chi connectivity index (χ4v) is 2.30. The molecule has 0 aliphatic heterocycles. The first kappa shape index (κ1) is 16.1. The van der Waals surface area contributed by atoms with Crippen LogP contribution in [0.1, 0.15) is 33.3 Å². The number of hydrogen-bond acceptors (Lipinski definition) is 3. The summed E-state index contributed by atoms with van der Waals surface area (Å²) in [4.78, 5) is 0. The summed E-state index contributed by atoms with van der Waals surface area (Å²) in [5, 5.41) is 0. The lowest BCUT2D eigenvalue weighted by atomic mass is 9.82. The first-order valence-electron chi connectivity index (χ1n) is 6.71. The molecule has 1 rings (SSSR count). The third-order valence-electron chi connectivity index (χ3n) is 3.18. The van der Waals surface area contributed by atoms with Crippen LogP contribution in [0, 0.1) is 11.2 Å². The maximum atomic E-state index is 13.7. The molecule has 2 unspecified atom stereocenters. The van der Waals surface area contributed by atoms with E-state index in [-0.39, 0.29) is 23.4 Å². The van der Waals surface area contributed by atoms with E-state index in [9.17, 15) is 4.39 Å². The first-order chi connectivity index (χ1) is 8.90. The number of nitrogens with one attached hydrogen (secondary N) is 1. The number of rotatable bonds is 6. The Kier molecular flexibility index (Phi) is 5.91. The fourth-order valence-electron chi connectivity index (χ4n) is 2.30. The van der Waals surface area contributed by atoms with Crippen molar-refractivity contribution in [2.75, 3.05) is 6.61 Å². The van der Waals surface area contributed by atoms with Gasteiger partial charge in [-0.1, -0.05) is 39.0 Å². The van der Waals surface area contributed by atoms with E-state index in [1.165, 1.54) is 6.07 Å². The zero-order chi connectivity index (χ0) is 14.5. The third kappa shape index (κ3) is 4.56. The van der Waals surface area contributed by atoms with Gasteiger partial charge < -0.3 is 4.74 Å². The maximum Gasteiger partial charge on any atom is 0.126 e. The van der Waals surface area contributed by atoms with Gasteiger partial charge in [0.15, 0.2) is 0 Å². The van der Waals surface area contributed by atoms with Crippen molar-refractivity contribution >= 4 is 0 Å². The number of halogens is 1. The van der Waals surface area contributed by atoms with E-state index in [1.54, 1.807) is 12.1 Å². The average molecular weight is 268 g/mol. The number of benzene rings is 1. The van der Waals surface area contributed by atoms with E-state index in [4.69, 9.17) is 10.6 Å². The SMILES string of the molecule is CCOC(C(Cc1ccccc1F)NN)C(C)(C)C. The summed E-state index contributed by atoms with van der Waals surface area (Å²) in [7, 11) is 0. The van der Waals surface area contributed by atoms with E-state index in [0.717, 1.165) is 0 Å². The first-order valence-corrected chi connectivity index (χ1v) is 6.71. The molecule has 1 aromatic carbocycles. The Morgan fingerprint density at radius 2 is 1.95 bits per heavy atom. The standard InChI is InChI=1S/C15H25FN2O/c1-5-19-14(15(2,3)4)13(18-17)10-11-8-6-7-9-12(11)16/h6-9,13-14,18H,5,10,17H2,1-4H3. The number of nitrogens with two attached hydrogens (primary N) is 1. The van der Waals surface area contributed by atoms with Crippen LogP contribution in [0.3, 0.4) is 0 Å². The van der Waals surface area contributed by atoms with Crippen molar-refractivity contribution in [1.29, 1.82) is 0 Å². The van der Waals surface area contributed by atoms with Crippen LogP contribution in [-0.4, -0.2) is 18.8 Å². The zero-order valence-electron chi connectivity index (χ0n) is 12.2. The lowest BCUT2D eigenvalue weighted by molar-refractivity contribution is -0.0357. The largest absolute Gasteiger partial charge is 0.376 e. The molecule has 0 radical (unpaired) electrons. The Bertz CT molecular complexity index is 390. The predicted octanol–water partition coefficient (Wildman–Crippen LogP) is 2.65. The van der Waals surface area contributed by atoms with Crippen molar-refractivity contribution in [2.24, 2.45) is 11.3 Å². The molecule has 0 saturated carbocycles. The maximum absolute atomic E-state index is 13.7. The highest BCUT2D eigenvalue weighted by atomic mass is 19.1. The quantitative estimate of drug-likeness (QED) is 0.616. The highest BCUT2D eigenvalue weighted by Crippen LogP contribution is 2.26. The number of hydrogen-bond donors (Lipinski definition) is 2. The molecule has 0 saturated heterocycles. The van der Waals surface area contributed by atoms with Gasteiger partial charge in [-0.3, -0.25) is 11.3 Å². The van der Waals surface area contributed by atoms with Gasteiger partial charge in [0.2, 0.25) is 0 Å². The summed E-state index contributed by atoms with van der Waals surface area (Å²) >= 11 is 0. The molecule has 4 heteroatoms. The lowest BCUT2D eigenvalue weighted by Gasteiger charge is -2.36. The molecule has 3 N–H and O–H groups in total. The van der Waals surface area contributed by atoms with Crippen LogP contribution < -0.4 is 11.3 Å². The second-order valence-electron chi connectivity index (χ2n) is 5.81. The van der Waals surface area contributed by atoms with E-state index in [0.29, 0.717) is 18.6 Å². The van der Waals surface area contributed by atoms with Crippen LogP contribution >= 0.6 is 0 Å². The molecule has 0 amide bonds. The van der Waals surface area contributed by atoms with Crippen molar-refractivity contribution in [3.63, 3.8) is 0 Å². The van der Waals surface area contributed by atoms with Gasteiger partial charge in [0.05, 0.1) is 12.1 Å². The van der Waals surface area contributed by atoms with Gasteiger partial charge in [0, 0.05) is 6.61 Å². The summed E-state index contributed by atoms with van der Waals surface area (Å²) < 4.78 is 19.5. The normalized spacial score (nSPS) is 15.3. The summed E-state index contributed by atoms with van der Waals surface area (Å²) in [6.45, 7) is 8.85. The van der Waals surface area contributed by atoms with Crippen molar-refractivity contribution in [1.82, 2.24) is 5.43 Å². The minimum absolute atomic E-state index is 0.0711. The van der Waals surface area contributed by atoms with Crippen molar-refractivity contribution in [2.45, 2.75) is 46.3 Å². The van der Waals surface area contributed by atoms with Crippen molar-refractivity contribution < 1.29 is 9.13 Å². The van der Waals surface area contributed by atoms with E-state index < -0.39 is 0 Å². The van der Waals surface area contributed by atoms with Gasteiger partial charge in [-0.25, -0.2) is 4.39 Å². The molecule has 0 bridgehead atoms. The number of ether oxygens (including phenoxy) is 1.